The molecule has 1 amide bonds. The summed E-state index contributed by atoms with van der Waals surface area (Å²) in [5, 5.41) is 2.40. The minimum absolute atomic E-state index is 0. The van der Waals surface area contributed by atoms with Crippen molar-refractivity contribution in [1.29, 1.82) is 0 Å². The Morgan fingerprint density at radius 2 is 1.96 bits per heavy atom. The van der Waals surface area contributed by atoms with Gasteiger partial charge in [0, 0.05) is 6.04 Å². The quantitative estimate of drug-likeness (QED) is 0.841. The number of nitrogens with one attached hydrogen (secondary N) is 1. The van der Waals surface area contributed by atoms with Crippen molar-refractivity contribution >= 4 is 28.2 Å². The Balaban J connectivity index is 0.00000264. The Kier molecular flexibility index (Phi) is 7.04. The van der Waals surface area contributed by atoms with E-state index in [-0.39, 0.29) is 40.7 Å². The zero-order valence-corrected chi connectivity index (χ0v) is 15.1. The Morgan fingerprint density at radius 1 is 1.30 bits per heavy atom. The van der Waals surface area contributed by atoms with E-state index >= 15 is 0 Å². The van der Waals surface area contributed by atoms with Crippen LogP contribution in [-0.2, 0) is 9.84 Å². The molecule has 1 saturated carbocycles. The monoisotopic (exact) mass is 360 g/mol. The van der Waals surface area contributed by atoms with Crippen LogP contribution >= 0.6 is 12.4 Å². The predicted molar refractivity (Wildman–Crippen MR) is 93.7 cm³/mol. The number of benzene rings is 1. The van der Waals surface area contributed by atoms with Gasteiger partial charge in [0.1, 0.15) is 0 Å². The van der Waals surface area contributed by atoms with E-state index in [1.807, 2.05) is 0 Å². The molecule has 3 N–H and O–H groups in total. The first-order valence-corrected chi connectivity index (χ1v) is 9.26. The van der Waals surface area contributed by atoms with Crippen LogP contribution in [0.1, 0.15) is 43.5 Å². The smallest absolute Gasteiger partial charge is 0.252 e. The van der Waals surface area contributed by atoms with Gasteiger partial charge in [0.2, 0.25) is 0 Å². The Labute approximate surface area is 144 Å². The molecule has 5 nitrogen and oxygen atoms in total. The molecule has 1 aliphatic carbocycles. The lowest BCUT2D eigenvalue weighted by Crippen LogP contribution is -2.40. The van der Waals surface area contributed by atoms with Gasteiger partial charge >= 0.3 is 0 Å². The molecule has 1 aromatic rings. The maximum absolute atomic E-state index is 12.5. The van der Waals surface area contributed by atoms with Crippen LogP contribution in [0.4, 0.5) is 0 Å². The second-order valence-corrected chi connectivity index (χ2v) is 8.57. The fraction of sp³-hybridized carbons (Fsp3) is 0.562. The van der Waals surface area contributed by atoms with Gasteiger partial charge < -0.3 is 11.1 Å². The predicted octanol–water partition coefficient (Wildman–Crippen LogP) is 2.15. The number of carbonyl (C=O) groups excluding carboxylic acids is 1. The van der Waals surface area contributed by atoms with Gasteiger partial charge in [-0.2, -0.15) is 0 Å². The van der Waals surface area contributed by atoms with E-state index < -0.39 is 15.1 Å². The van der Waals surface area contributed by atoms with Crippen molar-refractivity contribution in [2.24, 2.45) is 11.7 Å². The zero-order valence-electron chi connectivity index (χ0n) is 13.5. The molecule has 0 aromatic heterocycles. The Bertz CT molecular complexity index is 646. The van der Waals surface area contributed by atoms with Crippen molar-refractivity contribution in [3.05, 3.63) is 29.8 Å². The van der Waals surface area contributed by atoms with Crippen molar-refractivity contribution in [2.45, 2.75) is 49.3 Å². The molecule has 0 spiro atoms. The van der Waals surface area contributed by atoms with Gasteiger partial charge in [-0.1, -0.05) is 18.6 Å². The fourth-order valence-corrected chi connectivity index (χ4v) is 4.15. The number of hydrogen-bond donors (Lipinski definition) is 2. The van der Waals surface area contributed by atoms with Crippen LogP contribution < -0.4 is 11.1 Å². The molecule has 0 radical (unpaired) electrons. The molecule has 0 aliphatic heterocycles. The average Bonchev–Trinajstić information content (AvgIpc) is 2.94. The summed E-state index contributed by atoms with van der Waals surface area (Å²) in [5.74, 6) is -0.0528. The lowest BCUT2D eigenvalue weighted by Gasteiger charge is -2.20. The molecule has 130 valence electrons. The zero-order chi connectivity index (χ0) is 16.3. The maximum atomic E-state index is 12.5. The molecule has 2 atom stereocenters. The lowest BCUT2D eigenvalue weighted by atomic mass is 10.0. The van der Waals surface area contributed by atoms with Crippen LogP contribution in [-0.4, -0.2) is 32.2 Å². The molecule has 1 aliphatic rings. The first-order chi connectivity index (χ1) is 10.4. The SMILES string of the molecule is CC(C)S(=O)(=O)c1ccccc1C(=O)NC1CCCC1CN.Cl. The van der Waals surface area contributed by atoms with Crippen LogP contribution in [0.3, 0.4) is 0 Å². The minimum atomic E-state index is -3.49. The summed E-state index contributed by atoms with van der Waals surface area (Å²) in [6.07, 6.45) is 2.94. The highest BCUT2D eigenvalue weighted by Gasteiger charge is 2.30. The summed E-state index contributed by atoms with van der Waals surface area (Å²) in [6, 6.07) is 6.43. The number of nitrogens with two attached hydrogens (primary N) is 1. The topological polar surface area (TPSA) is 89.3 Å². The van der Waals surface area contributed by atoms with Crippen LogP contribution in [0.2, 0.25) is 0 Å². The van der Waals surface area contributed by atoms with E-state index in [0.29, 0.717) is 6.54 Å². The van der Waals surface area contributed by atoms with Gasteiger partial charge in [-0.05, 0) is 51.3 Å². The summed E-state index contributed by atoms with van der Waals surface area (Å²) in [7, 11) is -3.49. The third-order valence-corrected chi connectivity index (χ3v) is 6.55. The van der Waals surface area contributed by atoms with Crippen molar-refractivity contribution in [3.8, 4) is 0 Å². The third kappa shape index (κ3) is 4.25. The van der Waals surface area contributed by atoms with Gasteiger partial charge in [0.25, 0.3) is 5.91 Å². The highest BCUT2D eigenvalue weighted by atomic mass is 35.5. The van der Waals surface area contributed by atoms with Crippen LogP contribution in [0, 0.1) is 5.92 Å². The first kappa shape index (κ1) is 19.9. The highest BCUT2D eigenvalue weighted by Crippen LogP contribution is 2.26. The van der Waals surface area contributed by atoms with Crippen LogP contribution in [0.15, 0.2) is 29.2 Å². The number of halogens is 1. The van der Waals surface area contributed by atoms with Crippen molar-refractivity contribution in [1.82, 2.24) is 5.32 Å². The standard InChI is InChI=1S/C16H24N2O3S.ClH/c1-11(2)22(20,21)15-9-4-3-7-13(15)16(19)18-14-8-5-6-12(14)10-17;/h3-4,7,9,11-12,14H,5-6,8,10,17H2,1-2H3,(H,18,19);1H. The number of carbonyl (C=O) groups is 1. The molecule has 7 heteroatoms. The van der Waals surface area contributed by atoms with E-state index in [1.165, 1.54) is 6.07 Å². The van der Waals surface area contributed by atoms with E-state index in [4.69, 9.17) is 5.73 Å². The molecule has 2 rings (SSSR count). The summed E-state index contributed by atoms with van der Waals surface area (Å²) in [5.41, 5.74) is 5.95. The number of sulfone groups is 1. The number of amides is 1. The van der Waals surface area contributed by atoms with Crippen molar-refractivity contribution in [2.75, 3.05) is 6.54 Å². The van der Waals surface area contributed by atoms with Gasteiger partial charge in [0.15, 0.2) is 9.84 Å². The third-order valence-electron chi connectivity index (χ3n) is 4.34. The Hall–Kier alpha value is -1.11. The molecule has 0 bridgehead atoms. The van der Waals surface area contributed by atoms with E-state index in [2.05, 4.69) is 5.32 Å². The number of hydrogen-bond acceptors (Lipinski definition) is 4. The minimum Gasteiger partial charge on any atom is -0.349 e. The highest BCUT2D eigenvalue weighted by molar-refractivity contribution is 7.92. The largest absolute Gasteiger partial charge is 0.349 e. The molecular formula is C16H25ClN2O3S. The molecule has 0 heterocycles. The molecule has 2 unspecified atom stereocenters. The van der Waals surface area contributed by atoms with Crippen molar-refractivity contribution < 1.29 is 13.2 Å². The lowest BCUT2D eigenvalue weighted by molar-refractivity contribution is 0.0925. The summed E-state index contributed by atoms with van der Waals surface area (Å²) < 4.78 is 24.8. The first-order valence-electron chi connectivity index (χ1n) is 7.71. The average molecular weight is 361 g/mol. The molecular weight excluding hydrogens is 336 g/mol. The van der Waals surface area contributed by atoms with Gasteiger partial charge in [0.05, 0.1) is 15.7 Å². The van der Waals surface area contributed by atoms with E-state index in [0.717, 1.165) is 19.3 Å². The maximum Gasteiger partial charge on any atom is 0.252 e. The summed E-state index contributed by atoms with van der Waals surface area (Å²) in [6.45, 7) is 3.77. The van der Waals surface area contributed by atoms with Crippen molar-refractivity contribution in [3.63, 3.8) is 0 Å². The second kappa shape index (κ2) is 8.13. The van der Waals surface area contributed by atoms with Crippen LogP contribution in [0.25, 0.3) is 0 Å². The summed E-state index contributed by atoms with van der Waals surface area (Å²) >= 11 is 0. The van der Waals surface area contributed by atoms with Crippen LogP contribution in [0.5, 0.6) is 0 Å². The molecule has 0 saturated heterocycles. The molecule has 1 aromatic carbocycles. The summed E-state index contributed by atoms with van der Waals surface area (Å²) in [4.78, 5) is 12.6. The van der Waals surface area contributed by atoms with E-state index in [9.17, 15) is 13.2 Å². The Morgan fingerprint density at radius 3 is 2.57 bits per heavy atom. The van der Waals surface area contributed by atoms with Gasteiger partial charge in [-0.3, -0.25) is 4.79 Å². The number of rotatable bonds is 5. The normalized spacial score (nSPS) is 21.0. The fourth-order valence-electron chi connectivity index (χ4n) is 2.91. The van der Waals surface area contributed by atoms with E-state index in [1.54, 1.807) is 32.0 Å². The van der Waals surface area contributed by atoms with Gasteiger partial charge in [-0.15, -0.1) is 12.4 Å². The molecule has 23 heavy (non-hydrogen) atoms. The second-order valence-electron chi connectivity index (χ2n) is 6.10. The molecule has 1 fully saturated rings. The van der Waals surface area contributed by atoms with Gasteiger partial charge in [-0.25, -0.2) is 8.42 Å².